The van der Waals surface area contributed by atoms with Crippen molar-refractivity contribution in [2.75, 3.05) is 31.5 Å². The van der Waals surface area contributed by atoms with Crippen LogP contribution in [-0.4, -0.2) is 47.0 Å². The first kappa shape index (κ1) is 18.7. The summed E-state index contributed by atoms with van der Waals surface area (Å²) in [7, 11) is 0. The van der Waals surface area contributed by atoms with E-state index >= 15 is 0 Å². The number of carbonyl (C=O) groups is 1. The van der Waals surface area contributed by atoms with Crippen LogP contribution in [0.25, 0.3) is 0 Å². The van der Waals surface area contributed by atoms with Crippen molar-refractivity contribution in [3.8, 4) is 0 Å². The summed E-state index contributed by atoms with van der Waals surface area (Å²) >= 11 is 11.7. The third-order valence-corrected chi connectivity index (χ3v) is 5.26. The maximum atomic E-state index is 12.6. The number of carbonyl (C=O) groups excluding carboxylic acids is 1. The first-order chi connectivity index (χ1) is 12.6. The van der Waals surface area contributed by atoms with Crippen molar-refractivity contribution in [2.45, 2.75) is 13.3 Å². The number of benzene rings is 2. The zero-order valence-electron chi connectivity index (χ0n) is 14.7. The molecule has 6 heteroatoms. The topological polar surface area (TPSA) is 35.6 Å². The van der Waals surface area contributed by atoms with Crippen LogP contribution in [0.3, 0.4) is 0 Å². The smallest absolute Gasteiger partial charge is 0.255 e. The van der Waals surface area contributed by atoms with Crippen molar-refractivity contribution < 1.29 is 4.79 Å². The molecule has 0 bridgehead atoms. The number of rotatable bonds is 3. The summed E-state index contributed by atoms with van der Waals surface area (Å²) in [6, 6.07) is 15.5. The molecule has 3 rings (SSSR count). The summed E-state index contributed by atoms with van der Waals surface area (Å²) in [6.07, 6.45) is 1.02. The van der Waals surface area contributed by atoms with E-state index in [-0.39, 0.29) is 5.91 Å². The molecule has 26 heavy (non-hydrogen) atoms. The lowest BCUT2D eigenvalue weighted by molar-refractivity contribution is 0.0693. The summed E-state index contributed by atoms with van der Waals surface area (Å²) in [6.45, 7) is 4.79. The Labute approximate surface area is 164 Å². The zero-order valence-corrected chi connectivity index (χ0v) is 16.3. The van der Waals surface area contributed by atoms with Crippen LogP contribution in [-0.2, 0) is 6.42 Å². The highest BCUT2D eigenvalue weighted by Crippen LogP contribution is 2.18. The predicted octanol–water partition coefficient (Wildman–Crippen LogP) is 4.06. The number of hydrogen-bond acceptors (Lipinski definition) is 2. The SMILES string of the molecule is CCc1ccc(NC(=S)N2CCN(C(=O)c3ccccc3Cl)CC2)cc1. The highest BCUT2D eigenvalue weighted by atomic mass is 35.5. The molecule has 0 saturated carbocycles. The van der Waals surface area contributed by atoms with Gasteiger partial charge in [0.25, 0.3) is 5.91 Å². The lowest BCUT2D eigenvalue weighted by atomic mass is 10.1. The van der Waals surface area contributed by atoms with Crippen LogP contribution in [0, 0.1) is 0 Å². The molecule has 0 aromatic heterocycles. The average Bonchev–Trinajstić information content (AvgIpc) is 2.68. The second-order valence-electron chi connectivity index (χ2n) is 6.24. The lowest BCUT2D eigenvalue weighted by Gasteiger charge is -2.36. The largest absolute Gasteiger partial charge is 0.345 e. The Kier molecular flexibility index (Phi) is 6.12. The number of amides is 1. The van der Waals surface area contributed by atoms with E-state index in [0.29, 0.717) is 41.9 Å². The summed E-state index contributed by atoms with van der Waals surface area (Å²) in [5.74, 6) is -0.0238. The van der Waals surface area contributed by atoms with Crippen LogP contribution in [0.5, 0.6) is 0 Å². The molecule has 1 N–H and O–H groups in total. The normalized spacial score (nSPS) is 14.2. The molecule has 2 aromatic carbocycles. The van der Waals surface area contributed by atoms with Gasteiger partial charge in [-0.2, -0.15) is 0 Å². The number of piperazine rings is 1. The van der Waals surface area contributed by atoms with E-state index in [1.807, 2.05) is 29.2 Å². The van der Waals surface area contributed by atoms with Crippen LogP contribution in [0.2, 0.25) is 5.02 Å². The molecule has 0 spiro atoms. The number of aryl methyl sites for hydroxylation is 1. The minimum absolute atomic E-state index is 0.0238. The zero-order chi connectivity index (χ0) is 18.5. The average molecular weight is 388 g/mol. The molecule has 1 fully saturated rings. The number of thiocarbonyl (C=S) groups is 1. The van der Waals surface area contributed by atoms with Crippen molar-refractivity contribution in [2.24, 2.45) is 0 Å². The third kappa shape index (κ3) is 4.34. The molecular formula is C20H22ClN3OS. The summed E-state index contributed by atoms with van der Waals surface area (Å²) in [4.78, 5) is 16.5. The number of nitrogens with one attached hydrogen (secondary N) is 1. The first-order valence-electron chi connectivity index (χ1n) is 8.77. The first-order valence-corrected chi connectivity index (χ1v) is 9.55. The van der Waals surface area contributed by atoms with Gasteiger partial charge in [-0.25, -0.2) is 0 Å². The number of anilines is 1. The molecule has 0 atom stereocenters. The fourth-order valence-corrected chi connectivity index (χ4v) is 3.46. The van der Waals surface area contributed by atoms with Crippen LogP contribution in [0.15, 0.2) is 48.5 Å². The Hall–Kier alpha value is -2.11. The second-order valence-corrected chi connectivity index (χ2v) is 7.03. The van der Waals surface area contributed by atoms with Gasteiger partial charge in [0.2, 0.25) is 0 Å². The molecule has 0 radical (unpaired) electrons. The van der Waals surface area contributed by atoms with Crippen LogP contribution < -0.4 is 5.32 Å². The molecule has 136 valence electrons. The fraction of sp³-hybridized carbons (Fsp3) is 0.300. The van der Waals surface area contributed by atoms with Crippen molar-refractivity contribution in [1.82, 2.24) is 9.80 Å². The molecule has 0 unspecified atom stereocenters. The molecule has 1 aliphatic heterocycles. The number of halogens is 1. The number of hydrogen-bond donors (Lipinski definition) is 1. The van der Waals surface area contributed by atoms with Gasteiger partial charge in [0.15, 0.2) is 5.11 Å². The van der Waals surface area contributed by atoms with E-state index in [0.717, 1.165) is 12.1 Å². The Bertz CT molecular complexity index is 786. The Balaban J connectivity index is 1.55. The van der Waals surface area contributed by atoms with Crippen molar-refractivity contribution in [1.29, 1.82) is 0 Å². The van der Waals surface area contributed by atoms with E-state index in [1.54, 1.807) is 12.1 Å². The Morgan fingerprint density at radius 1 is 1.04 bits per heavy atom. The Morgan fingerprint density at radius 2 is 1.65 bits per heavy atom. The minimum Gasteiger partial charge on any atom is -0.345 e. The van der Waals surface area contributed by atoms with Gasteiger partial charge >= 0.3 is 0 Å². The third-order valence-electron chi connectivity index (χ3n) is 4.57. The van der Waals surface area contributed by atoms with E-state index in [4.69, 9.17) is 23.8 Å². The van der Waals surface area contributed by atoms with Gasteiger partial charge in [-0.3, -0.25) is 4.79 Å². The molecule has 1 heterocycles. The van der Waals surface area contributed by atoms with Crippen molar-refractivity contribution in [3.05, 3.63) is 64.7 Å². The summed E-state index contributed by atoms with van der Waals surface area (Å²) in [5.41, 5.74) is 2.84. The van der Waals surface area contributed by atoms with Gasteiger partial charge < -0.3 is 15.1 Å². The molecule has 0 aliphatic carbocycles. The highest BCUT2D eigenvalue weighted by molar-refractivity contribution is 7.80. The van der Waals surface area contributed by atoms with E-state index in [2.05, 4.69) is 29.3 Å². The molecule has 4 nitrogen and oxygen atoms in total. The standard InChI is InChI=1S/C20H22ClN3OS/c1-2-15-7-9-16(10-8-15)22-20(26)24-13-11-23(12-14-24)19(25)17-5-3-4-6-18(17)21/h3-10H,2,11-14H2,1H3,(H,22,26). The van der Waals surface area contributed by atoms with E-state index in [1.165, 1.54) is 5.56 Å². The molecular weight excluding hydrogens is 366 g/mol. The predicted molar refractivity (Wildman–Crippen MR) is 111 cm³/mol. The van der Waals surface area contributed by atoms with Gasteiger partial charge in [0, 0.05) is 31.9 Å². The van der Waals surface area contributed by atoms with Crippen LogP contribution in [0.1, 0.15) is 22.8 Å². The van der Waals surface area contributed by atoms with Gasteiger partial charge in [-0.1, -0.05) is 42.8 Å². The lowest BCUT2D eigenvalue weighted by Crippen LogP contribution is -2.51. The van der Waals surface area contributed by atoms with Gasteiger partial charge in [0.1, 0.15) is 0 Å². The van der Waals surface area contributed by atoms with Crippen LogP contribution in [0.4, 0.5) is 5.69 Å². The number of nitrogens with zero attached hydrogens (tertiary/aromatic N) is 2. The fourth-order valence-electron chi connectivity index (χ4n) is 2.94. The minimum atomic E-state index is -0.0238. The van der Waals surface area contributed by atoms with E-state index in [9.17, 15) is 4.79 Å². The van der Waals surface area contributed by atoms with Crippen LogP contribution >= 0.6 is 23.8 Å². The molecule has 1 amide bonds. The highest BCUT2D eigenvalue weighted by Gasteiger charge is 2.24. The summed E-state index contributed by atoms with van der Waals surface area (Å²) in [5, 5.41) is 4.47. The van der Waals surface area contributed by atoms with E-state index < -0.39 is 0 Å². The van der Waals surface area contributed by atoms with Crippen molar-refractivity contribution >= 4 is 40.5 Å². The monoisotopic (exact) mass is 387 g/mol. The second kappa shape index (κ2) is 8.52. The van der Waals surface area contributed by atoms with Gasteiger partial charge in [-0.05, 0) is 48.5 Å². The quantitative estimate of drug-likeness (QED) is 0.806. The Morgan fingerprint density at radius 3 is 2.27 bits per heavy atom. The molecule has 2 aromatic rings. The maximum Gasteiger partial charge on any atom is 0.255 e. The maximum absolute atomic E-state index is 12.6. The van der Waals surface area contributed by atoms with Crippen molar-refractivity contribution in [3.63, 3.8) is 0 Å². The molecule has 1 saturated heterocycles. The summed E-state index contributed by atoms with van der Waals surface area (Å²) < 4.78 is 0. The van der Waals surface area contributed by atoms with Gasteiger partial charge in [-0.15, -0.1) is 0 Å². The van der Waals surface area contributed by atoms with Gasteiger partial charge in [0.05, 0.1) is 10.6 Å². The molecule has 1 aliphatic rings.